The van der Waals surface area contributed by atoms with E-state index < -0.39 is 17.6 Å². The summed E-state index contributed by atoms with van der Waals surface area (Å²) in [5.74, 6) is -0.288. The SMILES string of the molecule is CCCCCOc1c(C=NNC(=O)CCC(=O)Nc2ccccc2F)cccc1OC. The topological polar surface area (TPSA) is 89.0 Å². The van der Waals surface area contributed by atoms with Gasteiger partial charge in [0, 0.05) is 18.4 Å². The number of anilines is 1. The minimum atomic E-state index is -0.532. The van der Waals surface area contributed by atoms with E-state index in [1.54, 1.807) is 31.4 Å². The van der Waals surface area contributed by atoms with Crippen LogP contribution in [0.5, 0.6) is 11.5 Å². The highest BCUT2D eigenvalue weighted by Gasteiger charge is 2.11. The lowest BCUT2D eigenvalue weighted by molar-refractivity contribution is -0.124. The molecule has 2 aromatic rings. The first-order chi connectivity index (χ1) is 15.0. The smallest absolute Gasteiger partial charge is 0.240 e. The minimum Gasteiger partial charge on any atom is -0.493 e. The van der Waals surface area contributed by atoms with Gasteiger partial charge < -0.3 is 14.8 Å². The van der Waals surface area contributed by atoms with Crippen LogP contribution in [0.25, 0.3) is 0 Å². The van der Waals surface area contributed by atoms with Crippen LogP contribution in [0.4, 0.5) is 10.1 Å². The number of hydrogen-bond acceptors (Lipinski definition) is 5. The van der Waals surface area contributed by atoms with Gasteiger partial charge in [0.25, 0.3) is 0 Å². The summed E-state index contributed by atoms with van der Waals surface area (Å²) in [5, 5.41) is 6.38. The molecule has 2 N–H and O–H groups in total. The number of halogens is 1. The van der Waals surface area contributed by atoms with E-state index in [-0.39, 0.29) is 18.5 Å². The molecule has 0 aromatic heterocycles. The molecule has 0 aliphatic rings. The summed E-state index contributed by atoms with van der Waals surface area (Å²) >= 11 is 0. The Bertz CT molecular complexity index is 902. The Morgan fingerprint density at radius 3 is 2.58 bits per heavy atom. The van der Waals surface area contributed by atoms with Crippen molar-refractivity contribution >= 4 is 23.7 Å². The second-order valence-electron chi connectivity index (χ2n) is 6.76. The maximum Gasteiger partial charge on any atom is 0.240 e. The van der Waals surface area contributed by atoms with Crippen molar-refractivity contribution in [2.24, 2.45) is 5.10 Å². The fraction of sp³-hybridized carbons (Fsp3) is 0.348. The highest BCUT2D eigenvalue weighted by Crippen LogP contribution is 2.30. The molecule has 0 heterocycles. The van der Waals surface area contributed by atoms with Crippen molar-refractivity contribution < 1.29 is 23.5 Å². The van der Waals surface area contributed by atoms with Crippen molar-refractivity contribution in [1.82, 2.24) is 5.43 Å². The zero-order chi connectivity index (χ0) is 22.5. The summed E-state index contributed by atoms with van der Waals surface area (Å²) in [6.07, 6.45) is 4.37. The summed E-state index contributed by atoms with van der Waals surface area (Å²) < 4.78 is 24.7. The molecule has 0 aliphatic carbocycles. The second kappa shape index (κ2) is 13.0. The lowest BCUT2D eigenvalue weighted by Crippen LogP contribution is -2.21. The molecule has 0 unspecified atom stereocenters. The van der Waals surface area contributed by atoms with Crippen LogP contribution in [0.1, 0.15) is 44.6 Å². The predicted molar refractivity (Wildman–Crippen MR) is 118 cm³/mol. The third-order valence-corrected chi connectivity index (χ3v) is 4.34. The second-order valence-corrected chi connectivity index (χ2v) is 6.76. The lowest BCUT2D eigenvalue weighted by atomic mass is 10.2. The molecule has 0 saturated heterocycles. The van der Waals surface area contributed by atoms with E-state index >= 15 is 0 Å². The number of para-hydroxylation sites is 2. The van der Waals surface area contributed by atoms with E-state index in [2.05, 4.69) is 22.8 Å². The minimum absolute atomic E-state index is 0.0791. The van der Waals surface area contributed by atoms with Gasteiger partial charge in [0.15, 0.2) is 11.5 Å². The summed E-state index contributed by atoms with van der Waals surface area (Å²) in [5.41, 5.74) is 3.12. The van der Waals surface area contributed by atoms with Crippen molar-refractivity contribution in [2.45, 2.75) is 39.0 Å². The Kier molecular flexibility index (Phi) is 10.0. The molecule has 0 saturated carbocycles. The molecular weight excluding hydrogens is 401 g/mol. The first kappa shape index (κ1) is 23.9. The normalized spacial score (nSPS) is 10.7. The molecule has 8 heteroatoms. The lowest BCUT2D eigenvalue weighted by Gasteiger charge is -2.13. The number of rotatable bonds is 12. The maximum atomic E-state index is 13.5. The van der Waals surface area contributed by atoms with Gasteiger partial charge in [-0.05, 0) is 30.7 Å². The van der Waals surface area contributed by atoms with Gasteiger partial charge in [-0.15, -0.1) is 0 Å². The average molecular weight is 429 g/mol. The Morgan fingerprint density at radius 1 is 1.06 bits per heavy atom. The summed E-state index contributed by atoms with van der Waals surface area (Å²) in [6.45, 7) is 2.67. The van der Waals surface area contributed by atoms with Gasteiger partial charge in [0.1, 0.15) is 5.82 Å². The number of methoxy groups -OCH3 is 1. The standard InChI is InChI=1S/C23H28FN3O4/c1-3-4-7-15-31-23-17(9-8-12-20(23)30-2)16-25-27-22(29)14-13-21(28)26-19-11-6-5-10-18(19)24/h5-6,8-12,16H,3-4,7,13-15H2,1-2H3,(H,26,28)(H,27,29). The van der Waals surface area contributed by atoms with Crippen LogP contribution in [0.15, 0.2) is 47.6 Å². The summed E-state index contributed by atoms with van der Waals surface area (Å²) in [6, 6.07) is 11.2. The molecule has 0 fully saturated rings. The van der Waals surface area contributed by atoms with Gasteiger partial charge in [0.2, 0.25) is 11.8 Å². The van der Waals surface area contributed by atoms with Crippen molar-refractivity contribution in [3.05, 3.63) is 53.8 Å². The molecule has 0 spiro atoms. The fourth-order valence-corrected chi connectivity index (χ4v) is 2.71. The number of nitrogens with zero attached hydrogens (tertiary/aromatic N) is 1. The first-order valence-electron chi connectivity index (χ1n) is 10.2. The Hall–Kier alpha value is -3.42. The maximum absolute atomic E-state index is 13.5. The van der Waals surface area contributed by atoms with E-state index in [0.717, 1.165) is 19.3 Å². The van der Waals surface area contributed by atoms with E-state index in [4.69, 9.17) is 9.47 Å². The number of hydrogen-bond donors (Lipinski definition) is 2. The molecule has 7 nitrogen and oxygen atoms in total. The highest BCUT2D eigenvalue weighted by atomic mass is 19.1. The van der Waals surface area contributed by atoms with Crippen molar-refractivity contribution in [1.29, 1.82) is 0 Å². The van der Waals surface area contributed by atoms with Gasteiger partial charge in [-0.25, -0.2) is 9.82 Å². The van der Waals surface area contributed by atoms with Gasteiger partial charge in [0.05, 0.1) is 25.6 Å². The zero-order valence-corrected chi connectivity index (χ0v) is 17.8. The van der Waals surface area contributed by atoms with Crippen LogP contribution in [0, 0.1) is 5.82 Å². The molecule has 0 atom stereocenters. The number of unbranched alkanes of at least 4 members (excludes halogenated alkanes) is 2. The van der Waals surface area contributed by atoms with Gasteiger partial charge in [-0.1, -0.05) is 38.0 Å². The Labute approximate surface area is 181 Å². The fourth-order valence-electron chi connectivity index (χ4n) is 2.71. The number of hydrazone groups is 1. The van der Waals surface area contributed by atoms with E-state index in [1.807, 2.05) is 0 Å². The largest absolute Gasteiger partial charge is 0.493 e. The average Bonchev–Trinajstić information content (AvgIpc) is 2.77. The van der Waals surface area contributed by atoms with Crippen molar-refractivity contribution in [3.63, 3.8) is 0 Å². The molecule has 0 bridgehead atoms. The van der Waals surface area contributed by atoms with E-state index in [0.29, 0.717) is 23.7 Å². The molecule has 166 valence electrons. The molecular formula is C23H28FN3O4. The van der Waals surface area contributed by atoms with Crippen LogP contribution < -0.4 is 20.2 Å². The van der Waals surface area contributed by atoms with Crippen molar-refractivity contribution in [2.75, 3.05) is 19.0 Å². The third-order valence-electron chi connectivity index (χ3n) is 4.34. The Morgan fingerprint density at radius 2 is 1.84 bits per heavy atom. The number of ether oxygens (including phenoxy) is 2. The van der Waals surface area contributed by atoms with Crippen molar-refractivity contribution in [3.8, 4) is 11.5 Å². The third kappa shape index (κ3) is 8.08. The van der Waals surface area contributed by atoms with Gasteiger partial charge >= 0.3 is 0 Å². The molecule has 0 radical (unpaired) electrons. The Balaban J connectivity index is 1.86. The van der Waals surface area contributed by atoms with Gasteiger partial charge in [-0.2, -0.15) is 5.10 Å². The summed E-state index contributed by atoms with van der Waals surface area (Å²) in [7, 11) is 1.56. The van der Waals surface area contributed by atoms with E-state index in [9.17, 15) is 14.0 Å². The monoisotopic (exact) mass is 429 g/mol. The number of carbonyl (C=O) groups excluding carboxylic acids is 2. The first-order valence-corrected chi connectivity index (χ1v) is 10.2. The molecule has 31 heavy (non-hydrogen) atoms. The number of amides is 2. The van der Waals surface area contributed by atoms with Crippen LogP contribution in [0.2, 0.25) is 0 Å². The van der Waals surface area contributed by atoms with Crippen LogP contribution in [0.3, 0.4) is 0 Å². The van der Waals surface area contributed by atoms with Crippen LogP contribution in [-0.2, 0) is 9.59 Å². The highest BCUT2D eigenvalue weighted by molar-refractivity contribution is 5.93. The number of nitrogens with one attached hydrogen (secondary N) is 2. The number of carbonyl (C=O) groups is 2. The van der Waals surface area contributed by atoms with Gasteiger partial charge in [-0.3, -0.25) is 9.59 Å². The molecule has 2 amide bonds. The molecule has 2 aromatic carbocycles. The van der Waals surface area contributed by atoms with E-state index in [1.165, 1.54) is 24.4 Å². The number of benzene rings is 2. The van der Waals surface area contributed by atoms with Crippen LogP contribution in [-0.4, -0.2) is 31.7 Å². The molecule has 0 aliphatic heterocycles. The molecule has 2 rings (SSSR count). The predicted octanol–water partition coefficient (Wildman–Crippen LogP) is 4.27. The quantitative estimate of drug-likeness (QED) is 0.300. The summed E-state index contributed by atoms with van der Waals surface area (Å²) in [4.78, 5) is 23.9. The van der Waals surface area contributed by atoms with Crippen LogP contribution >= 0.6 is 0 Å². The zero-order valence-electron chi connectivity index (χ0n) is 17.8.